The first-order valence-electron chi connectivity index (χ1n) is 10.2. The molecule has 13 heteroatoms. The van der Waals surface area contributed by atoms with Gasteiger partial charge in [0.1, 0.15) is 40.7 Å². The number of hydrogen-bond acceptors (Lipinski definition) is 7. The molecule has 0 radical (unpaired) electrons. The van der Waals surface area contributed by atoms with E-state index in [1.807, 2.05) is 0 Å². The molecule has 0 spiro atoms. The number of primary amides is 1. The molecule has 0 saturated carbocycles. The monoisotopic (exact) mass is 530 g/mol. The molecule has 1 aliphatic heterocycles. The average molecular weight is 531 g/mol. The average Bonchev–Trinajstić information content (AvgIpc) is 3.38. The molecule has 176 valence electrons. The highest BCUT2D eigenvalue weighted by Gasteiger charge is 2.40. The van der Waals surface area contributed by atoms with Crippen LogP contribution in [0.1, 0.15) is 22.7 Å². The second-order valence-corrected chi connectivity index (χ2v) is 8.50. The molecular formula is C21H20BrFN8O3. The number of likely N-dealkylation sites (tertiary alicyclic amines) is 1. The Labute approximate surface area is 201 Å². The molecule has 2 atom stereocenters. The third-order valence-corrected chi connectivity index (χ3v) is 5.68. The van der Waals surface area contributed by atoms with Gasteiger partial charge in [-0.2, -0.15) is 5.10 Å². The highest BCUT2D eigenvalue weighted by Crippen LogP contribution is 2.24. The van der Waals surface area contributed by atoms with Gasteiger partial charge in [0.05, 0.1) is 12.2 Å². The highest BCUT2D eigenvalue weighted by atomic mass is 79.9. The van der Waals surface area contributed by atoms with Crippen LogP contribution in [0.5, 0.6) is 0 Å². The van der Waals surface area contributed by atoms with Gasteiger partial charge in [-0.25, -0.2) is 24.0 Å². The van der Waals surface area contributed by atoms with Crippen molar-refractivity contribution < 1.29 is 18.8 Å². The Hall–Kier alpha value is -3.74. The number of aryl methyl sites for hydroxylation is 1. The molecule has 34 heavy (non-hydrogen) atoms. The number of hydrogen-bond donors (Lipinski definition) is 2. The lowest BCUT2D eigenvalue weighted by Crippen LogP contribution is -2.45. The highest BCUT2D eigenvalue weighted by molar-refractivity contribution is 9.10. The molecule has 1 fully saturated rings. The third kappa shape index (κ3) is 5.09. The molecule has 0 bridgehead atoms. The summed E-state index contributed by atoms with van der Waals surface area (Å²) in [5.74, 6) is -1.11. The van der Waals surface area contributed by atoms with E-state index < -0.39 is 36.5 Å². The van der Waals surface area contributed by atoms with Gasteiger partial charge in [0, 0.05) is 24.4 Å². The van der Waals surface area contributed by atoms with Gasteiger partial charge in [-0.15, -0.1) is 0 Å². The molecule has 0 aromatic carbocycles. The summed E-state index contributed by atoms with van der Waals surface area (Å²) in [6.45, 7) is 1.06. The van der Waals surface area contributed by atoms with Gasteiger partial charge in [-0.1, -0.05) is 6.07 Å². The second-order valence-electron chi connectivity index (χ2n) is 7.69. The van der Waals surface area contributed by atoms with Crippen LogP contribution in [-0.2, 0) is 16.1 Å². The van der Waals surface area contributed by atoms with E-state index in [0.29, 0.717) is 21.7 Å². The van der Waals surface area contributed by atoms with Crippen LogP contribution in [0.3, 0.4) is 0 Å². The molecule has 1 saturated heterocycles. The molecule has 0 aliphatic carbocycles. The van der Waals surface area contributed by atoms with Crippen molar-refractivity contribution in [3.8, 4) is 11.3 Å². The largest absolute Gasteiger partial charge is 0.364 e. The normalized spacial score (nSPS) is 17.6. The van der Waals surface area contributed by atoms with Crippen LogP contribution in [0.25, 0.3) is 11.3 Å². The number of carbonyl (C=O) groups is 3. The van der Waals surface area contributed by atoms with Crippen LogP contribution in [0.2, 0.25) is 0 Å². The first kappa shape index (κ1) is 23.4. The number of carbonyl (C=O) groups excluding carboxylic acids is 3. The van der Waals surface area contributed by atoms with Crippen LogP contribution in [0.15, 0.2) is 41.3 Å². The van der Waals surface area contributed by atoms with Crippen LogP contribution in [-0.4, -0.2) is 66.1 Å². The van der Waals surface area contributed by atoms with Crippen LogP contribution in [0, 0.1) is 6.92 Å². The van der Waals surface area contributed by atoms with Gasteiger partial charge in [0.15, 0.2) is 0 Å². The molecule has 0 unspecified atom stereocenters. The lowest BCUT2D eigenvalue weighted by Gasteiger charge is -2.23. The Morgan fingerprint density at radius 1 is 1.26 bits per heavy atom. The minimum Gasteiger partial charge on any atom is -0.364 e. The maximum absolute atomic E-state index is 14.2. The molecule has 11 nitrogen and oxygen atoms in total. The molecular weight excluding hydrogens is 511 g/mol. The van der Waals surface area contributed by atoms with Crippen molar-refractivity contribution >= 4 is 39.5 Å². The van der Waals surface area contributed by atoms with Gasteiger partial charge >= 0.3 is 0 Å². The van der Waals surface area contributed by atoms with Crippen LogP contribution in [0.4, 0.5) is 10.2 Å². The Morgan fingerprint density at radius 3 is 2.68 bits per heavy atom. The molecule has 3 amide bonds. The molecule has 4 heterocycles. The van der Waals surface area contributed by atoms with Crippen molar-refractivity contribution in [3.05, 3.63) is 52.8 Å². The van der Waals surface area contributed by atoms with Gasteiger partial charge in [-0.3, -0.25) is 14.4 Å². The Morgan fingerprint density at radius 2 is 2.00 bits per heavy atom. The molecule has 3 aromatic heterocycles. The zero-order valence-electron chi connectivity index (χ0n) is 18.0. The quantitative estimate of drug-likeness (QED) is 0.458. The van der Waals surface area contributed by atoms with Gasteiger partial charge < -0.3 is 16.0 Å². The summed E-state index contributed by atoms with van der Waals surface area (Å²) in [7, 11) is 0. The van der Waals surface area contributed by atoms with Crippen molar-refractivity contribution in [2.24, 2.45) is 5.73 Å². The molecule has 1 aliphatic rings. The van der Waals surface area contributed by atoms with E-state index in [1.165, 1.54) is 18.5 Å². The molecule has 4 rings (SSSR count). The number of halogens is 2. The van der Waals surface area contributed by atoms with Gasteiger partial charge in [-0.05, 0) is 41.1 Å². The summed E-state index contributed by atoms with van der Waals surface area (Å²) >= 11 is 3.22. The predicted octanol–water partition coefficient (Wildman–Crippen LogP) is 1.48. The standard InChI is InChI=1S/C21H20BrFN8O3/c1-11-25-7-12(8-26-11)14-6-15(20(24)33)31(29-14)10-19(32)30-9-13(23)5-16(30)21(34)28-18-4-2-3-17(22)27-18/h2-4,6-8,13,16H,5,9-10H2,1H3,(H2,24,33)(H,27,28,34)/t13-,16+/m1/s1. The van der Waals surface area contributed by atoms with Crippen molar-refractivity contribution in [2.75, 3.05) is 11.9 Å². The molecule has 3 aromatic rings. The van der Waals surface area contributed by atoms with E-state index in [4.69, 9.17) is 5.73 Å². The van der Waals surface area contributed by atoms with E-state index in [2.05, 4.69) is 41.3 Å². The SMILES string of the molecule is Cc1ncc(-c2cc(C(N)=O)n(CC(=O)N3C[C@H](F)C[C@H]3C(=O)Nc3cccc(Br)n3)n2)cn1. The first-order chi connectivity index (χ1) is 16.2. The van der Waals surface area contributed by atoms with Gasteiger partial charge in [0.25, 0.3) is 5.91 Å². The summed E-state index contributed by atoms with van der Waals surface area (Å²) in [4.78, 5) is 51.3. The summed E-state index contributed by atoms with van der Waals surface area (Å²) < 4.78 is 15.9. The fraction of sp³-hybridized carbons (Fsp3) is 0.286. The maximum Gasteiger partial charge on any atom is 0.267 e. The van der Waals surface area contributed by atoms with E-state index in [1.54, 1.807) is 25.1 Å². The number of alkyl halides is 1. The van der Waals surface area contributed by atoms with Crippen molar-refractivity contribution in [1.29, 1.82) is 0 Å². The minimum absolute atomic E-state index is 0.0146. The van der Waals surface area contributed by atoms with E-state index in [9.17, 15) is 18.8 Å². The predicted molar refractivity (Wildman–Crippen MR) is 122 cm³/mol. The third-order valence-electron chi connectivity index (χ3n) is 5.23. The second kappa shape index (κ2) is 9.63. The van der Waals surface area contributed by atoms with E-state index in [0.717, 1.165) is 9.58 Å². The summed E-state index contributed by atoms with van der Waals surface area (Å²) in [5, 5.41) is 6.89. The number of nitrogens with zero attached hydrogens (tertiary/aromatic N) is 6. The van der Waals surface area contributed by atoms with Crippen molar-refractivity contribution in [3.63, 3.8) is 0 Å². The Kier molecular flexibility index (Phi) is 6.63. The number of nitrogens with one attached hydrogen (secondary N) is 1. The van der Waals surface area contributed by atoms with E-state index >= 15 is 0 Å². The number of pyridine rings is 1. The smallest absolute Gasteiger partial charge is 0.267 e. The zero-order chi connectivity index (χ0) is 24.4. The number of aromatic nitrogens is 5. The minimum atomic E-state index is -1.37. The lowest BCUT2D eigenvalue weighted by molar-refractivity contribution is -0.137. The summed E-state index contributed by atoms with van der Waals surface area (Å²) in [6.07, 6.45) is 1.54. The van der Waals surface area contributed by atoms with Crippen LogP contribution < -0.4 is 11.1 Å². The summed E-state index contributed by atoms with van der Waals surface area (Å²) in [5.41, 5.74) is 6.33. The lowest BCUT2D eigenvalue weighted by atomic mass is 10.2. The Balaban J connectivity index is 1.54. The van der Waals surface area contributed by atoms with E-state index in [-0.39, 0.29) is 24.5 Å². The van der Waals surface area contributed by atoms with Crippen molar-refractivity contribution in [2.45, 2.75) is 32.1 Å². The number of anilines is 1. The van der Waals surface area contributed by atoms with Gasteiger partial charge in [0.2, 0.25) is 11.8 Å². The Bertz CT molecular complexity index is 1250. The number of nitrogens with two attached hydrogens (primary N) is 1. The zero-order valence-corrected chi connectivity index (χ0v) is 19.6. The molecule has 3 N–H and O–H groups in total. The topological polar surface area (TPSA) is 149 Å². The number of amides is 3. The first-order valence-corrected chi connectivity index (χ1v) is 11.0. The summed E-state index contributed by atoms with van der Waals surface area (Å²) in [6, 6.07) is 5.34. The fourth-order valence-electron chi connectivity index (χ4n) is 3.62. The maximum atomic E-state index is 14.2. The fourth-order valence-corrected chi connectivity index (χ4v) is 3.96. The van der Waals surface area contributed by atoms with Crippen LogP contribution >= 0.6 is 15.9 Å². The van der Waals surface area contributed by atoms with Crippen molar-refractivity contribution in [1.82, 2.24) is 29.6 Å². The number of rotatable bonds is 6.